The van der Waals surface area contributed by atoms with E-state index in [1.807, 2.05) is 6.07 Å². The van der Waals surface area contributed by atoms with Crippen LogP contribution in [0.4, 0.5) is 23.1 Å². The normalized spacial score (nSPS) is 14.7. The van der Waals surface area contributed by atoms with Crippen molar-refractivity contribution in [2.75, 3.05) is 30.3 Å². The van der Waals surface area contributed by atoms with Gasteiger partial charge in [-0.1, -0.05) is 39.0 Å². The van der Waals surface area contributed by atoms with Crippen molar-refractivity contribution in [1.82, 2.24) is 30.3 Å². The number of hydrogen-bond acceptors (Lipinski definition) is 8. The highest BCUT2D eigenvalue weighted by atomic mass is 16.5. The molecular weight excluding hydrogens is 512 g/mol. The number of benzene rings is 2. The molecule has 1 aliphatic heterocycles. The van der Waals surface area contributed by atoms with E-state index in [0.29, 0.717) is 34.8 Å². The van der Waals surface area contributed by atoms with Gasteiger partial charge in [-0.05, 0) is 113 Å². The summed E-state index contributed by atoms with van der Waals surface area (Å²) in [6.07, 6.45) is 4.47. The Morgan fingerprint density at radius 2 is 1.78 bits per heavy atom. The Hall–Kier alpha value is -3.72. The highest BCUT2D eigenvalue weighted by Crippen LogP contribution is 2.38. The summed E-state index contributed by atoms with van der Waals surface area (Å²) in [5.74, 6) is 3.02. The summed E-state index contributed by atoms with van der Waals surface area (Å²) in [6, 6.07) is 12.8. The monoisotopic (exact) mass is 556 g/mol. The molecule has 0 radical (unpaired) electrons. The average Bonchev–Trinajstić information content (AvgIpc) is 3.43. The third kappa shape index (κ3) is 6.96. The number of aromatic amines is 1. The largest absolute Gasteiger partial charge is 0.489 e. The van der Waals surface area contributed by atoms with E-state index in [4.69, 9.17) is 9.72 Å². The second kappa shape index (κ2) is 12.9. The van der Waals surface area contributed by atoms with E-state index in [1.165, 1.54) is 29.5 Å². The van der Waals surface area contributed by atoms with Gasteiger partial charge in [-0.2, -0.15) is 20.3 Å². The van der Waals surface area contributed by atoms with Gasteiger partial charge in [0.1, 0.15) is 5.75 Å². The van der Waals surface area contributed by atoms with Crippen molar-refractivity contribution in [3.63, 3.8) is 0 Å². The van der Waals surface area contributed by atoms with Crippen LogP contribution in [0.2, 0.25) is 0 Å². The summed E-state index contributed by atoms with van der Waals surface area (Å²) in [4.78, 5) is 12.1. The summed E-state index contributed by atoms with van der Waals surface area (Å²) >= 11 is 0. The fourth-order valence-electron chi connectivity index (χ4n) is 5.59. The minimum Gasteiger partial charge on any atom is -0.489 e. The summed E-state index contributed by atoms with van der Waals surface area (Å²) in [5, 5.41) is 18.3. The molecule has 0 bridgehead atoms. The molecule has 0 saturated carbocycles. The summed E-state index contributed by atoms with van der Waals surface area (Å²) in [6.45, 7) is 16.4. The number of fused-ring (bicyclic) bond motifs is 1. The lowest BCUT2D eigenvalue weighted by Gasteiger charge is -2.32. The standard InChI is InChI=1S/C32H44N8O/c1-7-40-16-14-23(15-17-40)25-19-28(41-21(4)5)27(18-22(25)6)34-32-35-30(29-31(36-32)38-39-37-29)33-26-11-9-8-10-24(26)13-12-20(2)3/h8-11,18-21,23H,7,12-17H2,1-6H3,(H3,33,34,35,36,37,38,39). The van der Waals surface area contributed by atoms with E-state index in [9.17, 15) is 0 Å². The molecule has 41 heavy (non-hydrogen) atoms. The first-order valence-electron chi connectivity index (χ1n) is 15.0. The molecule has 9 heteroatoms. The van der Waals surface area contributed by atoms with Crippen molar-refractivity contribution in [2.24, 2.45) is 5.92 Å². The van der Waals surface area contributed by atoms with Crippen LogP contribution in [0.5, 0.6) is 5.75 Å². The molecule has 0 amide bonds. The smallest absolute Gasteiger partial charge is 0.231 e. The van der Waals surface area contributed by atoms with Crippen molar-refractivity contribution >= 4 is 34.3 Å². The number of nitrogens with one attached hydrogen (secondary N) is 3. The topological polar surface area (TPSA) is 104 Å². The lowest BCUT2D eigenvalue weighted by atomic mass is 9.86. The molecule has 0 aliphatic carbocycles. The molecule has 0 unspecified atom stereocenters. The predicted octanol–water partition coefficient (Wildman–Crippen LogP) is 7.12. The third-order valence-corrected chi connectivity index (χ3v) is 7.90. The van der Waals surface area contributed by atoms with Gasteiger partial charge in [0.15, 0.2) is 11.3 Å². The molecule has 0 spiro atoms. The van der Waals surface area contributed by atoms with Crippen LogP contribution in [0.15, 0.2) is 36.4 Å². The van der Waals surface area contributed by atoms with Gasteiger partial charge in [-0.3, -0.25) is 0 Å². The number of anilines is 4. The molecular formula is C32H44N8O. The number of nitrogens with zero attached hydrogens (tertiary/aromatic N) is 5. The van der Waals surface area contributed by atoms with Gasteiger partial charge >= 0.3 is 0 Å². The maximum Gasteiger partial charge on any atom is 0.231 e. The second-order valence-corrected chi connectivity index (χ2v) is 11.8. The highest BCUT2D eigenvalue weighted by Gasteiger charge is 2.23. The zero-order valence-electron chi connectivity index (χ0n) is 25.3. The summed E-state index contributed by atoms with van der Waals surface area (Å²) in [5.41, 5.74) is 6.81. The van der Waals surface area contributed by atoms with Crippen LogP contribution in [0.3, 0.4) is 0 Å². The van der Waals surface area contributed by atoms with Crippen LogP contribution < -0.4 is 15.4 Å². The molecule has 3 N–H and O–H groups in total. The van der Waals surface area contributed by atoms with Crippen LogP contribution in [-0.4, -0.2) is 56.0 Å². The Balaban J connectivity index is 1.45. The number of para-hydroxylation sites is 1. The molecule has 218 valence electrons. The second-order valence-electron chi connectivity index (χ2n) is 11.8. The van der Waals surface area contributed by atoms with E-state index < -0.39 is 0 Å². The first-order chi connectivity index (χ1) is 19.8. The SMILES string of the molecule is CCN1CCC(c2cc(OC(C)C)c(Nc3nc(Nc4ccccc4CCC(C)C)c4n[nH]nc4n3)cc2C)CC1. The minimum absolute atomic E-state index is 0.0338. The Labute approximate surface area is 243 Å². The molecule has 1 fully saturated rings. The number of rotatable bonds is 11. The quantitative estimate of drug-likeness (QED) is 0.179. The van der Waals surface area contributed by atoms with Crippen LogP contribution in [0.25, 0.3) is 11.2 Å². The maximum absolute atomic E-state index is 6.33. The van der Waals surface area contributed by atoms with Crippen molar-refractivity contribution in [3.05, 3.63) is 53.1 Å². The van der Waals surface area contributed by atoms with Gasteiger partial charge in [-0.25, -0.2) is 0 Å². The van der Waals surface area contributed by atoms with E-state index >= 15 is 0 Å². The van der Waals surface area contributed by atoms with Crippen molar-refractivity contribution in [3.8, 4) is 5.75 Å². The number of hydrogen-bond donors (Lipinski definition) is 3. The zero-order valence-corrected chi connectivity index (χ0v) is 25.3. The lowest BCUT2D eigenvalue weighted by molar-refractivity contribution is 0.221. The Morgan fingerprint density at radius 1 is 1.00 bits per heavy atom. The van der Waals surface area contributed by atoms with Gasteiger partial charge in [0, 0.05) is 5.69 Å². The van der Waals surface area contributed by atoms with E-state index in [0.717, 1.165) is 49.6 Å². The highest BCUT2D eigenvalue weighted by molar-refractivity contribution is 5.86. The number of ether oxygens (including phenoxy) is 1. The van der Waals surface area contributed by atoms with Crippen LogP contribution in [0.1, 0.15) is 76.5 Å². The summed E-state index contributed by atoms with van der Waals surface area (Å²) in [7, 11) is 0. The molecule has 4 aromatic rings. The van der Waals surface area contributed by atoms with E-state index in [1.54, 1.807) is 0 Å². The predicted molar refractivity (Wildman–Crippen MR) is 167 cm³/mol. The first-order valence-corrected chi connectivity index (χ1v) is 15.0. The zero-order chi connectivity index (χ0) is 28.9. The minimum atomic E-state index is 0.0338. The van der Waals surface area contributed by atoms with Crippen LogP contribution in [-0.2, 0) is 6.42 Å². The molecule has 1 saturated heterocycles. The fraction of sp³-hybridized carbons (Fsp3) is 0.500. The van der Waals surface area contributed by atoms with Gasteiger partial charge in [0.05, 0.1) is 11.8 Å². The number of piperidine rings is 1. The molecule has 5 rings (SSSR count). The molecule has 0 atom stereocenters. The number of aromatic nitrogens is 5. The Bertz CT molecular complexity index is 1460. The van der Waals surface area contributed by atoms with Crippen molar-refractivity contribution in [1.29, 1.82) is 0 Å². The van der Waals surface area contributed by atoms with Gasteiger partial charge in [0.2, 0.25) is 11.6 Å². The fourth-order valence-corrected chi connectivity index (χ4v) is 5.59. The number of likely N-dealkylation sites (tertiary alicyclic amines) is 1. The van der Waals surface area contributed by atoms with Gasteiger partial charge in [0.25, 0.3) is 0 Å². The van der Waals surface area contributed by atoms with E-state index in [2.05, 4.69) is 108 Å². The summed E-state index contributed by atoms with van der Waals surface area (Å²) < 4.78 is 6.33. The van der Waals surface area contributed by atoms with Crippen molar-refractivity contribution in [2.45, 2.75) is 79.2 Å². The molecule has 1 aliphatic rings. The third-order valence-electron chi connectivity index (χ3n) is 7.90. The Kier molecular flexibility index (Phi) is 9.03. The lowest BCUT2D eigenvalue weighted by Crippen LogP contribution is -2.32. The average molecular weight is 557 g/mol. The molecule has 2 aromatic heterocycles. The number of aryl methyl sites for hydroxylation is 2. The maximum atomic E-state index is 6.33. The molecule has 3 heterocycles. The molecule has 2 aromatic carbocycles. The first kappa shape index (κ1) is 28.8. The number of H-pyrrole nitrogens is 1. The van der Waals surface area contributed by atoms with Crippen LogP contribution in [0, 0.1) is 12.8 Å². The van der Waals surface area contributed by atoms with Crippen LogP contribution >= 0.6 is 0 Å². The van der Waals surface area contributed by atoms with E-state index in [-0.39, 0.29) is 6.10 Å². The Morgan fingerprint density at radius 3 is 2.51 bits per heavy atom. The van der Waals surface area contributed by atoms with Gasteiger partial charge in [-0.15, -0.1) is 5.10 Å². The van der Waals surface area contributed by atoms with Crippen molar-refractivity contribution < 1.29 is 4.74 Å². The van der Waals surface area contributed by atoms with Gasteiger partial charge < -0.3 is 20.3 Å². The molecule has 9 nitrogen and oxygen atoms in total.